The number of unbranched alkanes of at least 4 members (excludes halogenated alkanes) is 2. The van der Waals surface area contributed by atoms with E-state index >= 15 is 0 Å². The highest BCUT2D eigenvalue weighted by Crippen LogP contribution is 2.51. The van der Waals surface area contributed by atoms with E-state index in [0.717, 1.165) is 40.8 Å². The Morgan fingerprint density at radius 1 is 0.760 bits per heavy atom. The lowest BCUT2D eigenvalue weighted by atomic mass is 9.73. The summed E-state index contributed by atoms with van der Waals surface area (Å²) in [4.78, 5) is 26.1. The third-order valence-corrected chi connectivity index (χ3v) is 9.42. The molecule has 0 radical (unpaired) electrons. The molecule has 0 saturated heterocycles. The molecule has 0 heterocycles. The molecule has 0 aliphatic heterocycles. The van der Waals surface area contributed by atoms with E-state index in [9.17, 15) is 35.9 Å². The number of halogens is 6. The Morgan fingerprint density at radius 3 is 2.06 bits per heavy atom. The van der Waals surface area contributed by atoms with Gasteiger partial charge in [0.25, 0.3) is 0 Å². The molecule has 266 valence electrons. The van der Waals surface area contributed by atoms with Gasteiger partial charge < -0.3 is 16.0 Å². The Kier molecular flexibility index (Phi) is 11.9. The van der Waals surface area contributed by atoms with Crippen LogP contribution in [0.3, 0.4) is 0 Å². The van der Waals surface area contributed by atoms with Gasteiger partial charge in [0.05, 0.1) is 5.56 Å². The van der Waals surface area contributed by atoms with Crippen molar-refractivity contribution in [3.8, 4) is 11.1 Å². The van der Waals surface area contributed by atoms with Gasteiger partial charge in [-0.15, -0.1) is 0 Å². The zero-order chi connectivity index (χ0) is 35.8. The van der Waals surface area contributed by atoms with Crippen LogP contribution in [-0.4, -0.2) is 44.2 Å². The van der Waals surface area contributed by atoms with Crippen molar-refractivity contribution in [3.05, 3.63) is 113 Å². The number of rotatable bonds is 15. The molecule has 2 aliphatic carbocycles. The van der Waals surface area contributed by atoms with E-state index in [-0.39, 0.29) is 11.8 Å². The van der Waals surface area contributed by atoms with E-state index < -0.39 is 35.8 Å². The SMILES string of the molecule is O=C(CCCNCC1CC=CC=C1c1ccc(C(F)(F)F)cc1)NCCCCCC1(C(=O)NCC(F)(F)F)c2ccccc2-c2ccccc21. The second-order valence-electron chi connectivity index (χ2n) is 12.8. The summed E-state index contributed by atoms with van der Waals surface area (Å²) in [6.45, 7) is 0.277. The molecule has 3 aromatic rings. The highest BCUT2D eigenvalue weighted by Gasteiger charge is 2.49. The summed E-state index contributed by atoms with van der Waals surface area (Å²) >= 11 is 0. The summed E-state index contributed by atoms with van der Waals surface area (Å²) in [7, 11) is 0. The van der Waals surface area contributed by atoms with Gasteiger partial charge in [-0.1, -0.05) is 91.7 Å². The molecule has 0 saturated carbocycles. The van der Waals surface area contributed by atoms with Crippen LogP contribution in [0.15, 0.2) is 91.0 Å². The van der Waals surface area contributed by atoms with E-state index in [1.165, 1.54) is 12.1 Å². The number of benzene rings is 3. The van der Waals surface area contributed by atoms with Crippen LogP contribution in [0.4, 0.5) is 26.3 Å². The fourth-order valence-corrected chi connectivity index (χ4v) is 7.00. The summed E-state index contributed by atoms with van der Waals surface area (Å²) in [5, 5.41) is 8.45. The minimum atomic E-state index is -4.53. The Labute approximate surface area is 288 Å². The van der Waals surface area contributed by atoms with Gasteiger partial charge in [0.15, 0.2) is 0 Å². The molecule has 0 aromatic heterocycles. The number of allylic oxidation sites excluding steroid dienone is 3. The van der Waals surface area contributed by atoms with Crippen molar-refractivity contribution in [2.75, 3.05) is 26.2 Å². The Bertz CT molecular complexity index is 1650. The highest BCUT2D eigenvalue weighted by atomic mass is 19.4. The average Bonchev–Trinajstić information content (AvgIpc) is 3.38. The van der Waals surface area contributed by atoms with Crippen LogP contribution in [0.5, 0.6) is 0 Å². The van der Waals surface area contributed by atoms with Gasteiger partial charge in [-0.05, 0) is 77.8 Å². The van der Waals surface area contributed by atoms with Gasteiger partial charge in [-0.3, -0.25) is 9.59 Å². The predicted octanol–water partition coefficient (Wildman–Crippen LogP) is 8.36. The first kappa shape index (κ1) is 36.9. The van der Waals surface area contributed by atoms with Crippen LogP contribution in [0.2, 0.25) is 0 Å². The Morgan fingerprint density at radius 2 is 1.42 bits per heavy atom. The lowest BCUT2D eigenvalue weighted by molar-refractivity contribution is -0.141. The van der Waals surface area contributed by atoms with Crippen molar-refractivity contribution in [2.45, 2.75) is 62.7 Å². The zero-order valence-electron chi connectivity index (χ0n) is 27.6. The second-order valence-corrected chi connectivity index (χ2v) is 12.8. The zero-order valence-corrected chi connectivity index (χ0v) is 27.6. The van der Waals surface area contributed by atoms with Gasteiger partial charge in [0, 0.05) is 25.4 Å². The van der Waals surface area contributed by atoms with Gasteiger partial charge in [-0.2, -0.15) is 26.3 Å². The molecule has 0 bridgehead atoms. The van der Waals surface area contributed by atoms with Crippen molar-refractivity contribution in [1.29, 1.82) is 0 Å². The monoisotopic (exact) mass is 697 g/mol. The molecular formula is C39H41F6N3O2. The second kappa shape index (κ2) is 16.1. The topological polar surface area (TPSA) is 70.2 Å². The van der Waals surface area contributed by atoms with E-state index in [0.29, 0.717) is 69.3 Å². The number of hydrogen-bond donors (Lipinski definition) is 3. The molecule has 1 atom stereocenters. The van der Waals surface area contributed by atoms with E-state index in [4.69, 9.17) is 0 Å². The molecule has 3 N–H and O–H groups in total. The molecular weight excluding hydrogens is 656 g/mol. The number of nitrogens with one attached hydrogen (secondary N) is 3. The lowest BCUT2D eigenvalue weighted by Crippen LogP contribution is -2.47. The largest absolute Gasteiger partial charge is 0.416 e. The molecule has 5 rings (SSSR count). The molecule has 0 spiro atoms. The summed E-state index contributed by atoms with van der Waals surface area (Å²) in [5.41, 5.74) is 2.91. The fourth-order valence-electron chi connectivity index (χ4n) is 7.00. The van der Waals surface area contributed by atoms with Crippen LogP contribution < -0.4 is 16.0 Å². The van der Waals surface area contributed by atoms with E-state index in [1.807, 2.05) is 54.6 Å². The number of carbonyl (C=O) groups excluding carboxylic acids is 2. The van der Waals surface area contributed by atoms with Crippen LogP contribution in [0, 0.1) is 5.92 Å². The maximum Gasteiger partial charge on any atom is 0.416 e. The van der Waals surface area contributed by atoms with Gasteiger partial charge in [-0.25, -0.2) is 0 Å². The Balaban J connectivity index is 1.04. The van der Waals surface area contributed by atoms with Crippen molar-refractivity contribution >= 4 is 17.4 Å². The predicted molar refractivity (Wildman–Crippen MR) is 182 cm³/mol. The standard InChI is InChI=1S/C39H41F6N3O2/c40-38(41,42)26-48-36(50)37(33-15-6-4-13-31(33)32-14-5-7-16-34(32)37)22-8-1-9-24-47-35(49)17-10-23-46-25-28-11-2-3-12-30(28)27-18-20-29(21-19-27)39(43,44)45/h2-7,12-16,18-21,28,46H,1,8-11,17,22-26H2,(H,47,49)(H,48,50). The highest BCUT2D eigenvalue weighted by molar-refractivity contribution is 6.00. The number of carbonyl (C=O) groups is 2. The molecule has 11 heteroatoms. The number of alkyl halides is 6. The number of hydrogen-bond acceptors (Lipinski definition) is 3. The normalized spacial score (nSPS) is 16.4. The van der Waals surface area contributed by atoms with Crippen LogP contribution >= 0.6 is 0 Å². The third-order valence-electron chi connectivity index (χ3n) is 9.42. The molecule has 2 aliphatic rings. The Hall–Kier alpha value is -4.38. The van der Waals surface area contributed by atoms with Crippen LogP contribution in [0.1, 0.15) is 67.2 Å². The van der Waals surface area contributed by atoms with Crippen molar-refractivity contribution in [2.24, 2.45) is 5.92 Å². The summed E-state index contributed by atoms with van der Waals surface area (Å²) in [6, 6.07) is 19.9. The maximum absolute atomic E-state index is 13.6. The molecule has 5 nitrogen and oxygen atoms in total. The molecule has 1 unspecified atom stereocenters. The summed E-state index contributed by atoms with van der Waals surface area (Å²) < 4.78 is 78.2. The first-order chi connectivity index (χ1) is 23.9. The number of fused-ring (bicyclic) bond motifs is 3. The van der Waals surface area contributed by atoms with E-state index in [1.54, 1.807) is 12.1 Å². The summed E-state index contributed by atoms with van der Waals surface area (Å²) in [6.07, 6.45) is 0.891. The number of amides is 2. The van der Waals surface area contributed by atoms with Gasteiger partial charge >= 0.3 is 12.4 Å². The summed E-state index contributed by atoms with van der Waals surface area (Å²) in [5.74, 6) is -0.646. The lowest BCUT2D eigenvalue weighted by Gasteiger charge is -2.31. The average molecular weight is 698 g/mol. The van der Waals surface area contributed by atoms with Crippen molar-refractivity contribution in [1.82, 2.24) is 16.0 Å². The van der Waals surface area contributed by atoms with Gasteiger partial charge in [0.2, 0.25) is 11.8 Å². The van der Waals surface area contributed by atoms with Crippen LogP contribution in [0.25, 0.3) is 16.7 Å². The minimum absolute atomic E-state index is 0.0839. The molecule has 3 aromatic carbocycles. The van der Waals surface area contributed by atoms with Crippen LogP contribution in [-0.2, 0) is 21.2 Å². The minimum Gasteiger partial charge on any atom is -0.356 e. The fraction of sp³-hybridized carbons (Fsp3) is 0.385. The molecule has 2 amide bonds. The first-order valence-electron chi connectivity index (χ1n) is 17.0. The third kappa shape index (κ3) is 8.85. The maximum atomic E-state index is 13.6. The molecule has 0 fully saturated rings. The quantitative estimate of drug-likeness (QED) is 0.111. The van der Waals surface area contributed by atoms with Gasteiger partial charge in [0.1, 0.15) is 12.0 Å². The van der Waals surface area contributed by atoms with Crippen molar-refractivity contribution in [3.63, 3.8) is 0 Å². The van der Waals surface area contributed by atoms with Crippen molar-refractivity contribution < 1.29 is 35.9 Å². The molecule has 50 heavy (non-hydrogen) atoms. The van der Waals surface area contributed by atoms with E-state index in [2.05, 4.69) is 16.0 Å². The first-order valence-corrected chi connectivity index (χ1v) is 17.0. The smallest absolute Gasteiger partial charge is 0.356 e.